The second-order valence-corrected chi connectivity index (χ2v) is 13.1. The van der Waals surface area contributed by atoms with E-state index in [1.807, 2.05) is 12.2 Å². The fourth-order valence-corrected chi connectivity index (χ4v) is 4.79. The van der Waals surface area contributed by atoms with Gasteiger partial charge in [-0.3, -0.25) is 9.59 Å². The van der Waals surface area contributed by atoms with Gasteiger partial charge in [0.15, 0.2) is 6.10 Å². The highest BCUT2D eigenvalue weighted by molar-refractivity contribution is 5.70. The molecule has 0 aliphatic heterocycles. The average Bonchev–Trinajstić information content (AvgIpc) is 3.03. The molecule has 0 aromatic heterocycles. The second kappa shape index (κ2) is 31.3. The molecule has 2 atom stereocenters. The van der Waals surface area contributed by atoms with Gasteiger partial charge in [-0.1, -0.05) is 107 Å². The molecule has 0 N–H and O–H groups in total. The van der Waals surface area contributed by atoms with Crippen molar-refractivity contribution in [3.63, 3.8) is 0 Å². The van der Waals surface area contributed by atoms with Crippen LogP contribution < -0.4 is 5.11 Å². The first-order valence-corrected chi connectivity index (χ1v) is 18.3. The number of likely N-dealkylation sites (N-methyl/N-ethyl adjacent to an activating group) is 1. The SMILES string of the molecule is CC/C=C/C/C=C/CCC(=O)OCC(COCCC(C(=O)[O-])[N+](C)(C)C)OC(=O)CCC/C=C/C/C=C/C/C=C/CCCCCCCC. The number of ether oxygens (including phenoxy) is 3. The van der Waals surface area contributed by atoms with Gasteiger partial charge in [0.05, 0.1) is 40.3 Å². The first-order chi connectivity index (χ1) is 23.1. The zero-order valence-electron chi connectivity index (χ0n) is 30.9. The summed E-state index contributed by atoms with van der Waals surface area (Å²) in [4.78, 5) is 36.4. The van der Waals surface area contributed by atoms with Gasteiger partial charge in [0, 0.05) is 19.3 Å². The number of unbranched alkanes of at least 4 members (excludes halogenated alkanes) is 7. The number of esters is 2. The molecule has 8 nitrogen and oxygen atoms in total. The van der Waals surface area contributed by atoms with Crippen molar-refractivity contribution in [3.05, 3.63) is 60.8 Å². The van der Waals surface area contributed by atoms with Crippen molar-refractivity contribution in [3.8, 4) is 0 Å². The highest BCUT2D eigenvalue weighted by Crippen LogP contribution is 2.10. The lowest BCUT2D eigenvalue weighted by molar-refractivity contribution is -0.889. The third-order valence-corrected chi connectivity index (χ3v) is 7.65. The van der Waals surface area contributed by atoms with Crippen LogP contribution in [0.25, 0.3) is 0 Å². The topological polar surface area (TPSA) is 102 Å². The van der Waals surface area contributed by atoms with Gasteiger partial charge in [0.2, 0.25) is 0 Å². The zero-order chi connectivity index (χ0) is 35.7. The van der Waals surface area contributed by atoms with Crippen LogP contribution in [0.15, 0.2) is 60.8 Å². The average molecular weight is 674 g/mol. The highest BCUT2D eigenvalue weighted by atomic mass is 16.6. The number of aliphatic carboxylic acids is 1. The summed E-state index contributed by atoms with van der Waals surface area (Å²) in [6.45, 7) is 4.35. The summed E-state index contributed by atoms with van der Waals surface area (Å²) in [6, 6.07) is -0.741. The van der Waals surface area contributed by atoms with Crippen molar-refractivity contribution in [1.82, 2.24) is 0 Å². The molecule has 0 rings (SSSR count). The Kier molecular flexibility index (Phi) is 29.4. The number of carboxylic acid groups (broad SMARTS) is 1. The molecule has 0 radical (unpaired) electrons. The maximum absolute atomic E-state index is 12.6. The van der Waals surface area contributed by atoms with Gasteiger partial charge in [0.1, 0.15) is 12.6 Å². The normalized spacial score (nSPS) is 13.8. The number of rotatable bonds is 31. The number of quaternary nitrogens is 1. The van der Waals surface area contributed by atoms with Crippen LogP contribution >= 0.6 is 0 Å². The minimum absolute atomic E-state index is 0.0000693. The molecule has 0 aliphatic carbocycles. The molecule has 0 heterocycles. The largest absolute Gasteiger partial charge is 0.544 e. The molecular weight excluding hydrogens is 606 g/mol. The molecule has 0 amide bonds. The van der Waals surface area contributed by atoms with E-state index in [1.54, 1.807) is 21.1 Å². The quantitative estimate of drug-likeness (QED) is 0.0321. The van der Waals surface area contributed by atoms with Gasteiger partial charge in [-0.15, -0.1) is 0 Å². The Morgan fingerprint density at radius 3 is 1.81 bits per heavy atom. The van der Waals surface area contributed by atoms with Gasteiger partial charge in [0.25, 0.3) is 0 Å². The van der Waals surface area contributed by atoms with Crippen LogP contribution in [-0.4, -0.2) is 75.5 Å². The van der Waals surface area contributed by atoms with Crippen molar-refractivity contribution < 1.29 is 38.2 Å². The molecule has 0 fully saturated rings. The number of carboxylic acids is 1. The molecule has 48 heavy (non-hydrogen) atoms. The van der Waals surface area contributed by atoms with Crippen LogP contribution in [0, 0.1) is 0 Å². The Bertz CT molecular complexity index is 975. The van der Waals surface area contributed by atoms with Gasteiger partial charge in [-0.25, -0.2) is 0 Å². The maximum Gasteiger partial charge on any atom is 0.306 e. The predicted molar refractivity (Wildman–Crippen MR) is 194 cm³/mol. The monoisotopic (exact) mass is 673 g/mol. The molecule has 0 saturated heterocycles. The Hall–Kier alpha value is -2.97. The van der Waals surface area contributed by atoms with Crippen molar-refractivity contribution in [2.75, 3.05) is 41.0 Å². The van der Waals surface area contributed by atoms with Crippen molar-refractivity contribution >= 4 is 17.9 Å². The van der Waals surface area contributed by atoms with Crippen molar-refractivity contribution in [2.45, 2.75) is 135 Å². The van der Waals surface area contributed by atoms with Crippen LogP contribution in [0.1, 0.15) is 123 Å². The summed E-state index contributed by atoms with van der Waals surface area (Å²) >= 11 is 0. The highest BCUT2D eigenvalue weighted by Gasteiger charge is 2.25. The van der Waals surface area contributed by atoms with E-state index >= 15 is 0 Å². The summed E-state index contributed by atoms with van der Waals surface area (Å²) in [5, 5.41) is 11.5. The van der Waals surface area contributed by atoms with E-state index < -0.39 is 18.1 Å². The number of hydrogen-bond donors (Lipinski definition) is 0. The number of carbonyl (C=O) groups is 3. The van der Waals surface area contributed by atoms with E-state index in [0.29, 0.717) is 12.8 Å². The lowest BCUT2D eigenvalue weighted by atomic mass is 10.1. The molecule has 0 aromatic carbocycles. The van der Waals surface area contributed by atoms with Gasteiger partial charge in [-0.05, 0) is 57.8 Å². The minimum Gasteiger partial charge on any atom is -0.544 e. The standard InChI is InChI=1S/C40H67NO7/c1-6-8-10-12-14-15-16-17-18-19-20-21-22-23-25-27-29-31-39(43)48-36(34-46-33-32-37(40(44)45)41(3,4)5)35-47-38(42)30-28-26-24-13-11-9-7-2/h9,11,17-18,20-21,23-26,36-37H,6-8,10,12-16,19,22,27-35H2,1-5H3/b11-9+,18-17+,21-20+,25-23+,26-24+. The van der Waals surface area contributed by atoms with E-state index in [1.165, 1.54) is 44.9 Å². The minimum atomic E-state index is -1.14. The molecular formula is C40H67NO7. The summed E-state index contributed by atoms with van der Waals surface area (Å²) in [5.41, 5.74) is 0. The third-order valence-electron chi connectivity index (χ3n) is 7.65. The molecule has 0 spiro atoms. The molecule has 0 saturated carbocycles. The summed E-state index contributed by atoms with van der Waals surface area (Å²) < 4.78 is 16.9. The first-order valence-electron chi connectivity index (χ1n) is 18.3. The van der Waals surface area contributed by atoms with Crippen LogP contribution in [0.5, 0.6) is 0 Å². The molecule has 274 valence electrons. The van der Waals surface area contributed by atoms with Crippen LogP contribution in [0.3, 0.4) is 0 Å². The van der Waals surface area contributed by atoms with Gasteiger partial charge >= 0.3 is 11.9 Å². The number of nitrogens with zero attached hydrogens (tertiary/aromatic N) is 1. The summed E-state index contributed by atoms with van der Waals surface area (Å²) in [5.74, 6) is -1.91. The van der Waals surface area contributed by atoms with Crippen LogP contribution in [0.2, 0.25) is 0 Å². The van der Waals surface area contributed by atoms with E-state index in [0.717, 1.165) is 32.1 Å². The second-order valence-electron chi connectivity index (χ2n) is 13.1. The molecule has 0 bridgehead atoms. The van der Waals surface area contributed by atoms with E-state index in [4.69, 9.17) is 14.2 Å². The lowest BCUT2D eigenvalue weighted by Crippen LogP contribution is -2.55. The predicted octanol–water partition coefficient (Wildman–Crippen LogP) is 7.74. The fourth-order valence-electron chi connectivity index (χ4n) is 4.79. The first kappa shape index (κ1) is 45.0. The van der Waals surface area contributed by atoms with E-state index in [2.05, 4.69) is 62.5 Å². The Balaban J connectivity index is 4.53. The third kappa shape index (κ3) is 29.2. The Morgan fingerprint density at radius 1 is 0.646 bits per heavy atom. The number of hydrogen-bond acceptors (Lipinski definition) is 7. The lowest BCUT2D eigenvalue weighted by Gasteiger charge is -2.34. The van der Waals surface area contributed by atoms with Crippen molar-refractivity contribution in [2.24, 2.45) is 0 Å². The summed E-state index contributed by atoms with van der Waals surface area (Å²) in [6.07, 6.45) is 35.8. The number of allylic oxidation sites excluding steroid dienone is 10. The van der Waals surface area contributed by atoms with Crippen molar-refractivity contribution in [1.29, 1.82) is 0 Å². The van der Waals surface area contributed by atoms with E-state index in [9.17, 15) is 19.5 Å². The zero-order valence-corrected chi connectivity index (χ0v) is 30.9. The Morgan fingerprint density at radius 2 is 1.21 bits per heavy atom. The molecule has 0 aliphatic rings. The summed E-state index contributed by atoms with van der Waals surface area (Å²) in [7, 11) is 5.35. The molecule has 2 unspecified atom stereocenters. The number of carbonyl (C=O) groups excluding carboxylic acids is 3. The van der Waals surface area contributed by atoms with Crippen LogP contribution in [-0.2, 0) is 28.6 Å². The van der Waals surface area contributed by atoms with Crippen LogP contribution in [0.4, 0.5) is 0 Å². The molecule has 8 heteroatoms. The molecule has 0 aromatic rings. The van der Waals surface area contributed by atoms with Gasteiger partial charge < -0.3 is 28.6 Å². The Labute approximate surface area is 292 Å². The smallest absolute Gasteiger partial charge is 0.306 e. The van der Waals surface area contributed by atoms with E-state index in [-0.39, 0.29) is 55.5 Å². The van der Waals surface area contributed by atoms with Gasteiger partial charge in [-0.2, -0.15) is 0 Å². The fraction of sp³-hybridized carbons (Fsp3) is 0.675. The maximum atomic E-state index is 12.6.